The van der Waals surface area contributed by atoms with Crippen LogP contribution in [0.3, 0.4) is 0 Å². The zero-order valence-corrected chi connectivity index (χ0v) is 17.0. The number of allylic oxidation sites excluding steroid dienone is 1. The average Bonchev–Trinajstić information content (AvgIpc) is 2.97. The predicted octanol–water partition coefficient (Wildman–Crippen LogP) is 2.30. The molecule has 0 saturated carbocycles. The van der Waals surface area contributed by atoms with Crippen LogP contribution in [0.1, 0.15) is 11.5 Å². The summed E-state index contributed by atoms with van der Waals surface area (Å²) < 4.78 is 0. The monoisotopic (exact) mass is 399 g/mol. The molecule has 2 aromatic rings. The summed E-state index contributed by atoms with van der Waals surface area (Å²) in [4.78, 5) is 30.7. The molecule has 0 fully saturated rings. The second kappa shape index (κ2) is 7.08. The van der Waals surface area contributed by atoms with Gasteiger partial charge in [-0.05, 0) is 29.8 Å². The molecule has 0 radical (unpaired) electrons. The molecular weight excluding hydrogens is 378 g/mol. The molecule has 2 amide bonds. The molecule has 0 bridgehead atoms. The molecule has 2 aromatic carbocycles. The van der Waals surface area contributed by atoms with Crippen LogP contribution < -0.4 is 15.5 Å². The lowest BCUT2D eigenvalue weighted by molar-refractivity contribution is -0.136. The van der Waals surface area contributed by atoms with Crippen LogP contribution in [0, 0.1) is 11.3 Å². The molecule has 4 rings (SSSR count). The summed E-state index contributed by atoms with van der Waals surface area (Å²) in [6.45, 7) is 0. The Labute approximate surface area is 174 Å². The van der Waals surface area contributed by atoms with Crippen LogP contribution in [-0.2, 0) is 9.59 Å². The van der Waals surface area contributed by atoms with E-state index < -0.39 is 17.7 Å². The largest absolute Gasteiger partial charge is 0.384 e. The predicted molar refractivity (Wildman–Crippen MR) is 114 cm³/mol. The third-order valence-electron chi connectivity index (χ3n) is 5.49. The SMILES string of the molecule is CN1C(=O)C2=C(C1=O)N(c1ccccc1)C(N)=C(C#N)C2c1ccc(N(C)C)cc1. The highest BCUT2D eigenvalue weighted by Gasteiger charge is 2.48. The van der Waals surface area contributed by atoms with Crippen molar-refractivity contribution in [2.45, 2.75) is 5.92 Å². The van der Waals surface area contributed by atoms with Gasteiger partial charge >= 0.3 is 0 Å². The number of likely N-dealkylation sites (N-methyl/N-ethyl adjacent to an activating group) is 1. The maximum atomic E-state index is 13.1. The van der Waals surface area contributed by atoms with E-state index in [4.69, 9.17) is 5.73 Å². The number of nitrogens with zero attached hydrogens (tertiary/aromatic N) is 4. The Balaban J connectivity index is 1.96. The van der Waals surface area contributed by atoms with E-state index in [1.54, 1.807) is 12.1 Å². The zero-order chi connectivity index (χ0) is 21.6. The first-order valence-corrected chi connectivity index (χ1v) is 9.45. The number of hydrogen-bond donors (Lipinski definition) is 1. The van der Waals surface area contributed by atoms with Crippen molar-refractivity contribution in [3.05, 3.63) is 82.8 Å². The standard InChI is InChI=1S/C23H21N5O2/c1-26(2)15-11-9-14(10-12-15)18-17(13-24)21(25)28(16-7-5-4-6-8-16)20-19(18)22(29)27(3)23(20)30/h4-12,18H,25H2,1-3H3. The van der Waals surface area contributed by atoms with E-state index in [1.165, 1.54) is 11.9 Å². The van der Waals surface area contributed by atoms with Gasteiger partial charge in [0.2, 0.25) is 0 Å². The Kier molecular flexibility index (Phi) is 4.55. The van der Waals surface area contributed by atoms with Gasteiger partial charge in [0.25, 0.3) is 11.8 Å². The van der Waals surface area contributed by atoms with Gasteiger partial charge in [-0.3, -0.25) is 19.4 Å². The summed E-state index contributed by atoms with van der Waals surface area (Å²) in [6.07, 6.45) is 0. The van der Waals surface area contributed by atoms with Gasteiger partial charge in [0.05, 0.1) is 23.1 Å². The lowest BCUT2D eigenvalue weighted by Gasteiger charge is -2.33. The summed E-state index contributed by atoms with van der Waals surface area (Å²) in [7, 11) is 5.31. The summed E-state index contributed by atoms with van der Waals surface area (Å²) in [5.74, 6) is -1.41. The van der Waals surface area contributed by atoms with Gasteiger partial charge < -0.3 is 10.6 Å². The highest BCUT2D eigenvalue weighted by atomic mass is 16.2. The Morgan fingerprint density at radius 3 is 2.20 bits per heavy atom. The number of anilines is 2. The van der Waals surface area contributed by atoms with E-state index >= 15 is 0 Å². The Morgan fingerprint density at radius 1 is 1.00 bits per heavy atom. The molecular formula is C23H21N5O2. The number of rotatable bonds is 3. The summed E-state index contributed by atoms with van der Waals surface area (Å²) in [5, 5.41) is 9.98. The van der Waals surface area contributed by atoms with Crippen molar-refractivity contribution in [2.75, 3.05) is 30.9 Å². The normalized spacial score (nSPS) is 18.7. The lowest BCUT2D eigenvalue weighted by atomic mass is 9.81. The van der Waals surface area contributed by atoms with Crippen LogP contribution in [0.25, 0.3) is 0 Å². The molecule has 1 unspecified atom stereocenters. The topological polar surface area (TPSA) is 93.7 Å². The van der Waals surface area contributed by atoms with Crippen LogP contribution in [0.2, 0.25) is 0 Å². The Morgan fingerprint density at radius 2 is 1.63 bits per heavy atom. The maximum absolute atomic E-state index is 13.1. The number of amides is 2. The molecule has 30 heavy (non-hydrogen) atoms. The molecule has 0 saturated heterocycles. The van der Waals surface area contributed by atoms with Crippen molar-refractivity contribution < 1.29 is 9.59 Å². The van der Waals surface area contributed by atoms with Crippen LogP contribution >= 0.6 is 0 Å². The number of para-hydroxylation sites is 1. The number of carbonyl (C=O) groups is 2. The molecule has 150 valence electrons. The van der Waals surface area contributed by atoms with E-state index in [2.05, 4.69) is 6.07 Å². The minimum absolute atomic E-state index is 0.153. The van der Waals surface area contributed by atoms with E-state index in [-0.39, 0.29) is 22.7 Å². The van der Waals surface area contributed by atoms with E-state index in [0.29, 0.717) is 5.69 Å². The van der Waals surface area contributed by atoms with E-state index in [9.17, 15) is 14.9 Å². The second-order valence-electron chi connectivity index (χ2n) is 7.43. The fourth-order valence-corrected chi connectivity index (χ4v) is 3.92. The van der Waals surface area contributed by atoms with Gasteiger partial charge in [-0.15, -0.1) is 0 Å². The molecule has 2 N–H and O–H groups in total. The fraction of sp³-hybridized carbons (Fsp3) is 0.174. The van der Waals surface area contributed by atoms with Gasteiger partial charge in [0, 0.05) is 32.5 Å². The second-order valence-corrected chi connectivity index (χ2v) is 7.43. The first-order chi connectivity index (χ1) is 14.4. The molecule has 0 aromatic heterocycles. The Hall–Kier alpha value is -4.05. The van der Waals surface area contributed by atoms with Gasteiger partial charge in [0.15, 0.2) is 0 Å². The molecule has 0 aliphatic carbocycles. The molecule has 2 aliphatic rings. The highest BCUT2D eigenvalue weighted by molar-refractivity contribution is 6.22. The molecule has 7 heteroatoms. The molecule has 0 spiro atoms. The molecule has 7 nitrogen and oxygen atoms in total. The van der Waals surface area contributed by atoms with Crippen molar-refractivity contribution in [3.8, 4) is 6.07 Å². The van der Waals surface area contributed by atoms with Crippen LogP contribution in [0.4, 0.5) is 11.4 Å². The average molecular weight is 399 g/mol. The van der Waals surface area contributed by atoms with Crippen molar-refractivity contribution in [3.63, 3.8) is 0 Å². The number of hydrogen-bond acceptors (Lipinski definition) is 6. The number of imide groups is 1. The number of benzene rings is 2. The smallest absolute Gasteiger partial charge is 0.278 e. The fourth-order valence-electron chi connectivity index (χ4n) is 3.92. The summed E-state index contributed by atoms with van der Waals surface area (Å²) in [5.41, 5.74) is 9.49. The summed E-state index contributed by atoms with van der Waals surface area (Å²) >= 11 is 0. The quantitative estimate of drug-likeness (QED) is 0.796. The van der Waals surface area contributed by atoms with Gasteiger partial charge in [-0.1, -0.05) is 30.3 Å². The highest BCUT2D eigenvalue weighted by Crippen LogP contribution is 2.45. The first-order valence-electron chi connectivity index (χ1n) is 9.45. The Bertz CT molecular complexity index is 1140. The third-order valence-corrected chi connectivity index (χ3v) is 5.49. The van der Waals surface area contributed by atoms with Crippen molar-refractivity contribution in [1.82, 2.24) is 4.90 Å². The van der Waals surface area contributed by atoms with Crippen molar-refractivity contribution in [1.29, 1.82) is 5.26 Å². The van der Waals surface area contributed by atoms with Crippen molar-refractivity contribution >= 4 is 23.2 Å². The van der Waals surface area contributed by atoms with E-state index in [0.717, 1.165) is 16.2 Å². The number of nitriles is 1. The van der Waals surface area contributed by atoms with Crippen LogP contribution in [0.15, 0.2) is 77.3 Å². The minimum Gasteiger partial charge on any atom is -0.384 e. The van der Waals surface area contributed by atoms with Gasteiger partial charge in [-0.25, -0.2) is 0 Å². The molecule has 1 atom stereocenters. The lowest BCUT2D eigenvalue weighted by Crippen LogP contribution is -2.37. The van der Waals surface area contributed by atoms with Crippen molar-refractivity contribution in [2.24, 2.45) is 5.73 Å². The van der Waals surface area contributed by atoms with Gasteiger partial charge in [-0.2, -0.15) is 5.26 Å². The van der Waals surface area contributed by atoms with Crippen LogP contribution in [0.5, 0.6) is 0 Å². The van der Waals surface area contributed by atoms with Gasteiger partial charge in [0.1, 0.15) is 11.5 Å². The number of carbonyl (C=O) groups excluding carboxylic acids is 2. The molecule has 2 heterocycles. The zero-order valence-electron chi connectivity index (χ0n) is 17.0. The summed E-state index contributed by atoms with van der Waals surface area (Å²) in [6, 6.07) is 18.8. The number of nitrogens with two attached hydrogens (primary N) is 1. The molecule has 2 aliphatic heterocycles. The maximum Gasteiger partial charge on any atom is 0.278 e. The minimum atomic E-state index is -0.706. The third kappa shape index (κ3) is 2.73. The van der Waals surface area contributed by atoms with Crippen LogP contribution in [-0.4, -0.2) is 37.9 Å². The van der Waals surface area contributed by atoms with E-state index in [1.807, 2.05) is 61.5 Å². The first kappa shape index (κ1) is 19.3.